The second-order valence-corrected chi connectivity index (χ2v) is 18.5. The predicted octanol–water partition coefficient (Wildman–Crippen LogP) is 17.2. The van der Waals surface area contributed by atoms with Gasteiger partial charge in [-0.15, -0.1) is 0 Å². The largest absolute Gasteiger partial charge is 0.491 e. The fourth-order valence-electron chi connectivity index (χ4n) is 7.47. The molecule has 344 valence electrons. The van der Waals surface area contributed by atoms with Gasteiger partial charge in [-0.25, -0.2) is 0 Å². The fraction of sp³-hybridized carbons (Fsp3) is 0.552. The first-order chi connectivity index (χ1) is 29.4. The molecule has 0 heterocycles. The Balaban J connectivity index is 2.29. The van der Waals surface area contributed by atoms with Crippen LogP contribution in [-0.2, 0) is 14.3 Å². The van der Waals surface area contributed by atoms with Gasteiger partial charge in [-0.3, -0.25) is 9.59 Å². The molecular formula is C58H89NO3. The maximum absolute atomic E-state index is 12.7. The van der Waals surface area contributed by atoms with Gasteiger partial charge in [0.05, 0.1) is 7.11 Å². The molecule has 0 aliphatic heterocycles. The van der Waals surface area contributed by atoms with Crippen molar-refractivity contribution in [2.75, 3.05) is 7.11 Å². The third-order valence-corrected chi connectivity index (χ3v) is 12.0. The van der Waals surface area contributed by atoms with Gasteiger partial charge in [-0.05, 0) is 205 Å². The number of rotatable bonds is 30. The van der Waals surface area contributed by atoms with E-state index in [2.05, 4.69) is 131 Å². The van der Waals surface area contributed by atoms with E-state index in [1.54, 1.807) is 6.92 Å². The van der Waals surface area contributed by atoms with Crippen molar-refractivity contribution < 1.29 is 14.3 Å². The molecule has 0 aromatic heterocycles. The smallest absolute Gasteiger partial charge is 0.226 e. The van der Waals surface area contributed by atoms with Crippen LogP contribution < -0.4 is 5.73 Å². The van der Waals surface area contributed by atoms with Crippen LogP contribution in [0.15, 0.2) is 139 Å². The Hall–Kier alpha value is -4.18. The zero-order valence-electron chi connectivity index (χ0n) is 42.0. The van der Waals surface area contributed by atoms with E-state index >= 15 is 0 Å². The van der Waals surface area contributed by atoms with Crippen LogP contribution >= 0.6 is 0 Å². The molecule has 0 saturated heterocycles. The number of carbonyl (C=O) groups is 2. The summed E-state index contributed by atoms with van der Waals surface area (Å²) in [7, 11) is 1.37. The van der Waals surface area contributed by atoms with Gasteiger partial charge in [0.15, 0.2) is 5.76 Å². The number of nitrogens with two attached hydrogens (primary N) is 1. The highest BCUT2D eigenvalue weighted by Gasteiger charge is 2.31. The Bertz CT molecular complexity index is 1830. The lowest BCUT2D eigenvalue weighted by atomic mass is 9.90. The van der Waals surface area contributed by atoms with Crippen molar-refractivity contribution in [3.63, 3.8) is 0 Å². The van der Waals surface area contributed by atoms with Crippen LogP contribution in [0.5, 0.6) is 0 Å². The first-order valence-corrected chi connectivity index (χ1v) is 23.8. The molecule has 1 aliphatic rings. The molecule has 0 radical (unpaired) electrons. The summed E-state index contributed by atoms with van der Waals surface area (Å²) in [6.45, 7) is 26.3. The molecule has 2 N–H and O–H groups in total. The van der Waals surface area contributed by atoms with E-state index in [0.29, 0.717) is 17.6 Å². The minimum atomic E-state index is -0.318. The van der Waals surface area contributed by atoms with Crippen molar-refractivity contribution in [3.8, 4) is 0 Å². The van der Waals surface area contributed by atoms with Gasteiger partial charge in [-0.1, -0.05) is 116 Å². The number of ether oxygens (including phenoxy) is 1. The topological polar surface area (TPSA) is 69.4 Å². The van der Waals surface area contributed by atoms with Gasteiger partial charge >= 0.3 is 0 Å². The normalized spacial score (nSPS) is 16.0. The molecule has 0 aromatic carbocycles. The van der Waals surface area contributed by atoms with Crippen LogP contribution in [0.1, 0.15) is 205 Å². The highest BCUT2D eigenvalue weighted by Crippen LogP contribution is 2.26. The first-order valence-electron chi connectivity index (χ1n) is 23.8. The molecule has 0 aromatic rings. The van der Waals surface area contributed by atoms with E-state index in [0.717, 1.165) is 96.3 Å². The Labute approximate surface area is 381 Å². The van der Waals surface area contributed by atoms with Gasteiger partial charge in [0.2, 0.25) is 11.6 Å². The minimum absolute atomic E-state index is 0.0414. The molecule has 4 heteroatoms. The number of hydrogen-bond acceptors (Lipinski definition) is 4. The summed E-state index contributed by atoms with van der Waals surface area (Å²) in [4.78, 5) is 25.2. The lowest BCUT2D eigenvalue weighted by Crippen LogP contribution is -2.28. The van der Waals surface area contributed by atoms with Crippen molar-refractivity contribution in [1.29, 1.82) is 0 Å². The van der Waals surface area contributed by atoms with Crippen LogP contribution in [0.3, 0.4) is 0 Å². The third-order valence-electron chi connectivity index (χ3n) is 12.0. The number of ketones is 2. The second-order valence-electron chi connectivity index (χ2n) is 18.5. The third kappa shape index (κ3) is 25.7. The van der Waals surface area contributed by atoms with Gasteiger partial charge in [-0.2, -0.15) is 0 Å². The average molecular weight is 848 g/mol. The average Bonchev–Trinajstić information content (AvgIpc) is 3.20. The van der Waals surface area contributed by atoms with Crippen LogP contribution in [0.25, 0.3) is 0 Å². The van der Waals surface area contributed by atoms with E-state index in [1.165, 1.54) is 82.1 Å². The van der Waals surface area contributed by atoms with Gasteiger partial charge in [0.1, 0.15) is 5.70 Å². The Morgan fingerprint density at radius 2 is 0.645 bits per heavy atom. The fourth-order valence-corrected chi connectivity index (χ4v) is 7.47. The minimum Gasteiger partial charge on any atom is -0.491 e. The van der Waals surface area contributed by atoms with Crippen molar-refractivity contribution in [2.24, 2.45) is 5.73 Å². The Kier molecular flexibility index (Phi) is 29.3. The molecule has 1 aliphatic carbocycles. The quantitative estimate of drug-likeness (QED) is 0.0577. The van der Waals surface area contributed by atoms with Crippen molar-refractivity contribution in [1.82, 2.24) is 0 Å². The highest BCUT2D eigenvalue weighted by molar-refractivity contribution is 6.23. The molecule has 0 unspecified atom stereocenters. The molecule has 4 nitrogen and oxygen atoms in total. The van der Waals surface area contributed by atoms with E-state index < -0.39 is 0 Å². The maximum atomic E-state index is 12.7. The Morgan fingerprint density at radius 3 is 0.887 bits per heavy atom. The number of methoxy groups -OCH3 is 1. The van der Waals surface area contributed by atoms with E-state index in [4.69, 9.17) is 10.5 Å². The summed E-state index contributed by atoms with van der Waals surface area (Å²) in [5.41, 5.74) is 21.1. The molecule has 0 fully saturated rings. The van der Waals surface area contributed by atoms with E-state index in [9.17, 15) is 9.59 Å². The molecule has 0 saturated carbocycles. The lowest BCUT2D eigenvalue weighted by molar-refractivity contribution is -0.118. The summed E-state index contributed by atoms with van der Waals surface area (Å²) in [5.74, 6) is -0.647. The molecule has 0 spiro atoms. The van der Waals surface area contributed by atoms with Crippen molar-refractivity contribution in [3.05, 3.63) is 139 Å². The first kappa shape index (κ1) is 55.8. The van der Waals surface area contributed by atoms with Crippen molar-refractivity contribution in [2.45, 2.75) is 205 Å². The summed E-state index contributed by atoms with van der Waals surface area (Å²) in [6, 6.07) is 0. The van der Waals surface area contributed by atoms with Crippen molar-refractivity contribution >= 4 is 11.6 Å². The van der Waals surface area contributed by atoms with Crippen LogP contribution in [0.4, 0.5) is 0 Å². The monoisotopic (exact) mass is 848 g/mol. The summed E-state index contributed by atoms with van der Waals surface area (Å²) >= 11 is 0. The molecule has 1 rings (SSSR count). The molecule has 62 heavy (non-hydrogen) atoms. The summed E-state index contributed by atoms with van der Waals surface area (Å²) in [5, 5.41) is 0. The van der Waals surface area contributed by atoms with E-state index in [-0.39, 0.29) is 23.0 Å². The SMILES string of the molecule is COC1=C(N)C(=O)C(C)=C(CC=C(C)CCC=C(C)CCC=C(C)CC/C=C(\C)CC/C=C(\C)CC/C=C(\C)CC/C=C(\C)CC/C=C(\C)CC/C=C(\C)CCC=C(C)C)C1=O. The Morgan fingerprint density at radius 1 is 0.403 bits per heavy atom. The highest BCUT2D eigenvalue weighted by atomic mass is 16.5. The number of Topliss-reactive ketones (excluding diaryl/α,β-unsaturated/α-hetero) is 2. The molecule has 0 bridgehead atoms. The van der Waals surface area contributed by atoms with E-state index in [1.807, 2.05) is 6.08 Å². The summed E-state index contributed by atoms with van der Waals surface area (Å²) < 4.78 is 5.11. The van der Waals surface area contributed by atoms with Gasteiger partial charge in [0, 0.05) is 11.1 Å². The number of allylic oxidation sites excluding steroid dienone is 22. The van der Waals surface area contributed by atoms with Gasteiger partial charge in [0.25, 0.3) is 0 Å². The zero-order chi connectivity index (χ0) is 46.5. The molecular weight excluding hydrogens is 759 g/mol. The molecule has 0 atom stereocenters. The number of hydrogen-bond donors (Lipinski definition) is 1. The maximum Gasteiger partial charge on any atom is 0.226 e. The lowest BCUT2D eigenvalue weighted by Gasteiger charge is -2.18. The van der Waals surface area contributed by atoms with Crippen LogP contribution in [0, 0.1) is 0 Å². The molecule has 0 amide bonds. The standard InChI is InChI=1S/C58H89NO3/c1-43(2)23-14-24-44(3)25-15-26-45(4)27-16-28-46(5)29-17-30-47(6)31-18-32-48(7)33-19-34-49(8)35-20-36-50(9)37-21-38-51(10)39-22-40-52(11)41-42-54-53(12)56(60)55(59)58(62-13)57(54)61/h23,25,27,29,31,33,35,37,39,41H,14-22,24,26,28,30,32,34,36,38,40,42,59H2,1-13H3/b44-25+,45-27+,46-29+,47-31+,48-33+,49-35+,50-37?,51-39?,52-41?. The second kappa shape index (κ2) is 32.5. The predicted molar refractivity (Wildman–Crippen MR) is 272 cm³/mol. The zero-order valence-corrected chi connectivity index (χ0v) is 42.0. The number of carbonyl (C=O) groups excluding carboxylic acids is 2. The van der Waals surface area contributed by atoms with Gasteiger partial charge < -0.3 is 10.5 Å². The van der Waals surface area contributed by atoms with Crippen LogP contribution in [0.2, 0.25) is 0 Å². The van der Waals surface area contributed by atoms with Crippen LogP contribution in [-0.4, -0.2) is 18.7 Å². The summed E-state index contributed by atoms with van der Waals surface area (Å²) in [6.07, 6.45) is 44.2.